The van der Waals surface area contributed by atoms with Crippen LogP contribution < -0.4 is 5.32 Å². The van der Waals surface area contributed by atoms with Gasteiger partial charge in [0.15, 0.2) is 0 Å². The van der Waals surface area contributed by atoms with Gasteiger partial charge in [-0.05, 0) is 79.1 Å². The van der Waals surface area contributed by atoms with Gasteiger partial charge in [-0.25, -0.2) is 4.39 Å². The maximum atomic E-state index is 14.2. The average molecular weight is 612 g/mol. The van der Waals surface area contributed by atoms with E-state index in [1.807, 2.05) is 74.5 Å². The van der Waals surface area contributed by atoms with E-state index >= 15 is 0 Å². The number of carbonyl (C=O) groups is 2. The van der Waals surface area contributed by atoms with Gasteiger partial charge >= 0.3 is 0 Å². The number of nitrogens with zero attached hydrogens (tertiary/aromatic N) is 2. The molecule has 3 aromatic carbocycles. The van der Waals surface area contributed by atoms with Gasteiger partial charge in [-0.2, -0.15) is 0 Å². The normalized spacial score (nSPS) is 14.5. The van der Waals surface area contributed by atoms with Gasteiger partial charge in [0.2, 0.25) is 5.91 Å². The smallest absolute Gasteiger partial charge is 0.258 e. The third kappa shape index (κ3) is 7.70. The number of rotatable bonds is 12. The summed E-state index contributed by atoms with van der Waals surface area (Å²) >= 11 is 0. The molecule has 0 bridgehead atoms. The molecular weight excluding hydrogens is 569 g/mol. The molecule has 4 aromatic rings. The summed E-state index contributed by atoms with van der Waals surface area (Å²) in [6.07, 6.45) is 0.462. The molecule has 236 valence electrons. The molecule has 0 aliphatic carbocycles. The van der Waals surface area contributed by atoms with E-state index in [4.69, 9.17) is 0 Å². The molecule has 0 saturated carbocycles. The summed E-state index contributed by atoms with van der Waals surface area (Å²) in [6.45, 7) is 5.83. The van der Waals surface area contributed by atoms with Crippen LogP contribution in [-0.4, -0.2) is 56.8 Å². The number of hydrogen-bond acceptors (Lipinski definition) is 4. The zero-order valence-corrected chi connectivity index (χ0v) is 26.0. The first-order valence-electron chi connectivity index (χ1n) is 15.8. The minimum Gasteiger partial charge on any atom is -0.393 e. The number of aliphatic hydroxyl groups excluding tert-OH is 2. The van der Waals surface area contributed by atoms with Crippen LogP contribution >= 0.6 is 0 Å². The second-order valence-electron chi connectivity index (χ2n) is 12.1. The Morgan fingerprint density at radius 3 is 2.09 bits per heavy atom. The quantitative estimate of drug-likeness (QED) is 0.163. The van der Waals surface area contributed by atoms with Crippen molar-refractivity contribution in [2.24, 2.45) is 0 Å². The Labute approximate surface area is 264 Å². The van der Waals surface area contributed by atoms with Crippen molar-refractivity contribution in [2.75, 3.05) is 18.4 Å². The Balaban J connectivity index is 1.54. The molecule has 7 nitrogen and oxygen atoms in total. The summed E-state index contributed by atoms with van der Waals surface area (Å²) in [7, 11) is 0. The molecule has 0 unspecified atom stereocenters. The topological polar surface area (TPSA) is 94.8 Å². The van der Waals surface area contributed by atoms with Gasteiger partial charge in [0.05, 0.1) is 29.9 Å². The van der Waals surface area contributed by atoms with Crippen LogP contribution in [0.3, 0.4) is 0 Å². The largest absolute Gasteiger partial charge is 0.393 e. The van der Waals surface area contributed by atoms with Crippen molar-refractivity contribution in [3.05, 3.63) is 102 Å². The Kier molecular flexibility index (Phi) is 10.5. The van der Waals surface area contributed by atoms with Gasteiger partial charge < -0.3 is 25.0 Å². The first-order chi connectivity index (χ1) is 21.7. The van der Waals surface area contributed by atoms with Crippen molar-refractivity contribution >= 4 is 17.5 Å². The lowest BCUT2D eigenvalue weighted by molar-refractivity contribution is -0.132. The van der Waals surface area contributed by atoms with E-state index in [2.05, 4.69) is 9.88 Å². The summed E-state index contributed by atoms with van der Waals surface area (Å²) < 4.78 is 16.2. The number of benzene rings is 3. The molecule has 0 spiro atoms. The van der Waals surface area contributed by atoms with E-state index in [0.29, 0.717) is 17.8 Å². The van der Waals surface area contributed by atoms with E-state index in [1.165, 1.54) is 12.1 Å². The Hall–Kier alpha value is -4.27. The van der Waals surface area contributed by atoms with E-state index in [1.54, 1.807) is 17.0 Å². The molecule has 8 heteroatoms. The van der Waals surface area contributed by atoms with Crippen LogP contribution in [0.25, 0.3) is 22.4 Å². The lowest BCUT2D eigenvalue weighted by Gasteiger charge is -2.21. The zero-order valence-electron chi connectivity index (χ0n) is 26.0. The minimum absolute atomic E-state index is 0.0133. The van der Waals surface area contributed by atoms with E-state index in [0.717, 1.165) is 54.0 Å². The maximum Gasteiger partial charge on any atom is 0.258 e. The predicted octanol–water partition coefficient (Wildman–Crippen LogP) is 6.85. The molecule has 5 rings (SSSR count). The fourth-order valence-electron chi connectivity index (χ4n) is 6.30. The zero-order chi connectivity index (χ0) is 31.9. The van der Waals surface area contributed by atoms with Crippen LogP contribution in [0, 0.1) is 5.82 Å². The van der Waals surface area contributed by atoms with Gasteiger partial charge in [0, 0.05) is 36.6 Å². The van der Waals surface area contributed by atoms with Crippen LogP contribution in [0.4, 0.5) is 10.1 Å². The first-order valence-corrected chi connectivity index (χ1v) is 15.8. The van der Waals surface area contributed by atoms with Gasteiger partial charge in [0.25, 0.3) is 5.91 Å². The molecule has 3 N–H and O–H groups in total. The Bertz CT molecular complexity index is 1580. The summed E-state index contributed by atoms with van der Waals surface area (Å²) in [6, 6.07) is 25.2. The third-order valence-electron chi connectivity index (χ3n) is 8.39. The van der Waals surface area contributed by atoms with Gasteiger partial charge in [-0.3, -0.25) is 9.59 Å². The van der Waals surface area contributed by atoms with Crippen molar-refractivity contribution in [3.63, 3.8) is 0 Å². The molecule has 1 aliphatic rings. The fourth-order valence-corrected chi connectivity index (χ4v) is 6.30. The van der Waals surface area contributed by atoms with Crippen molar-refractivity contribution < 1.29 is 24.2 Å². The monoisotopic (exact) mass is 611 g/mol. The second-order valence-corrected chi connectivity index (χ2v) is 12.1. The highest BCUT2D eigenvalue weighted by molar-refractivity contribution is 6.12. The lowest BCUT2D eigenvalue weighted by atomic mass is 9.94. The summed E-state index contributed by atoms with van der Waals surface area (Å²) in [4.78, 5) is 28.5. The molecule has 1 aliphatic heterocycles. The summed E-state index contributed by atoms with van der Waals surface area (Å²) in [5.41, 5.74) is 5.03. The average Bonchev–Trinajstić information content (AvgIpc) is 3.69. The van der Waals surface area contributed by atoms with Crippen molar-refractivity contribution in [1.82, 2.24) is 9.47 Å². The molecule has 2 heterocycles. The molecule has 1 saturated heterocycles. The molecule has 45 heavy (non-hydrogen) atoms. The SMILES string of the molecule is CC(C)c1c(C(=O)Nc2ccccc2)c(-c2ccccc2)c(-c2ccc(F)cc2)n1CC[C@@H](O)C[C@@H](O)CC(=O)N1CCCC1. The van der Waals surface area contributed by atoms with Gasteiger partial charge in [0.1, 0.15) is 5.82 Å². The van der Waals surface area contributed by atoms with Crippen molar-refractivity contribution in [3.8, 4) is 22.4 Å². The third-order valence-corrected chi connectivity index (χ3v) is 8.39. The highest BCUT2D eigenvalue weighted by atomic mass is 19.1. The fraction of sp³-hybridized carbons (Fsp3) is 0.351. The number of anilines is 1. The standard InChI is InChI=1S/C37H42FN3O4/c1-25(2)35-34(37(45)39-29-13-7-4-8-14-29)33(26-11-5-3-6-12-26)36(27-15-17-28(38)18-16-27)41(35)22-19-30(42)23-31(43)24-32(44)40-20-9-10-21-40/h3-8,11-18,25,30-31,42-43H,9-10,19-24H2,1-2H3,(H,39,45)/t30-,31-/m1/s1. The second kappa shape index (κ2) is 14.7. The van der Waals surface area contributed by atoms with E-state index in [9.17, 15) is 24.2 Å². The number of likely N-dealkylation sites (tertiary alicyclic amines) is 1. The molecule has 2 amide bonds. The molecule has 0 radical (unpaired) electrons. The van der Waals surface area contributed by atoms with Gasteiger partial charge in [-0.15, -0.1) is 0 Å². The number of nitrogens with one attached hydrogen (secondary N) is 1. The number of aromatic nitrogens is 1. The van der Waals surface area contributed by atoms with Crippen LogP contribution in [0.1, 0.15) is 67.9 Å². The van der Waals surface area contributed by atoms with Gasteiger partial charge in [-0.1, -0.05) is 62.4 Å². The van der Waals surface area contributed by atoms with Crippen molar-refractivity contribution in [2.45, 2.75) is 70.6 Å². The Morgan fingerprint density at radius 2 is 1.47 bits per heavy atom. The molecular formula is C37H42FN3O4. The number of para-hydroxylation sites is 1. The van der Waals surface area contributed by atoms with E-state index < -0.39 is 12.2 Å². The number of carbonyl (C=O) groups excluding carboxylic acids is 2. The van der Waals surface area contributed by atoms with Crippen molar-refractivity contribution in [1.29, 1.82) is 0 Å². The summed E-state index contributed by atoms with van der Waals surface area (Å²) in [5.74, 6) is -0.793. The minimum atomic E-state index is -0.953. The summed E-state index contributed by atoms with van der Waals surface area (Å²) in [5, 5.41) is 24.8. The number of halogens is 1. The Morgan fingerprint density at radius 1 is 0.844 bits per heavy atom. The molecule has 1 fully saturated rings. The number of hydrogen-bond donors (Lipinski definition) is 3. The van der Waals surface area contributed by atoms with Crippen LogP contribution in [-0.2, 0) is 11.3 Å². The number of amides is 2. The highest BCUT2D eigenvalue weighted by Crippen LogP contribution is 2.42. The predicted molar refractivity (Wildman–Crippen MR) is 175 cm³/mol. The lowest BCUT2D eigenvalue weighted by Crippen LogP contribution is -2.32. The van der Waals surface area contributed by atoms with Crippen LogP contribution in [0.2, 0.25) is 0 Å². The highest BCUT2D eigenvalue weighted by Gasteiger charge is 2.31. The van der Waals surface area contributed by atoms with Crippen LogP contribution in [0.15, 0.2) is 84.9 Å². The first kappa shape index (κ1) is 32.1. The molecule has 1 aromatic heterocycles. The van der Waals surface area contributed by atoms with Crippen LogP contribution in [0.5, 0.6) is 0 Å². The maximum absolute atomic E-state index is 14.2. The molecule has 2 atom stereocenters. The van der Waals surface area contributed by atoms with E-state index in [-0.39, 0.29) is 42.8 Å². The number of aliphatic hydroxyl groups is 2.